The number of hydrogen-bond acceptors (Lipinski definition) is 4. The number of carbonyl (C=O) groups is 2. The van der Waals surface area contributed by atoms with E-state index in [0.29, 0.717) is 18.6 Å². The van der Waals surface area contributed by atoms with Crippen LogP contribution in [0.2, 0.25) is 0 Å². The normalized spacial score (nSPS) is 10.3. The van der Waals surface area contributed by atoms with E-state index < -0.39 is 0 Å². The predicted octanol–water partition coefficient (Wildman–Crippen LogP) is 3.54. The fraction of sp³-hybridized carbons (Fsp3) is 0.364. The SMILES string of the molecule is CC(C)CC(=O)Nc1ccc(-c2cccc(CN(C)C)c2)cc1.NCC=O. The number of rotatable bonds is 7. The van der Waals surface area contributed by atoms with Crippen molar-refractivity contribution < 1.29 is 9.59 Å². The van der Waals surface area contributed by atoms with E-state index in [0.717, 1.165) is 17.8 Å². The fourth-order valence-corrected chi connectivity index (χ4v) is 2.54. The van der Waals surface area contributed by atoms with Gasteiger partial charge in [-0.15, -0.1) is 0 Å². The van der Waals surface area contributed by atoms with Crippen LogP contribution in [0.25, 0.3) is 11.1 Å². The maximum Gasteiger partial charge on any atom is 0.224 e. The van der Waals surface area contributed by atoms with Crippen LogP contribution in [0.4, 0.5) is 5.69 Å². The minimum absolute atomic E-state index is 0.0701. The van der Waals surface area contributed by atoms with E-state index in [2.05, 4.69) is 66.4 Å². The second-order valence-electron chi connectivity index (χ2n) is 7.06. The van der Waals surface area contributed by atoms with Gasteiger partial charge in [0.05, 0.1) is 0 Å². The molecule has 0 fully saturated rings. The Bertz CT molecular complexity index is 710. The zero-order valence-electron chi connectivity index (χ0n) is 16.7. The molecule has 0 atom stereocenters. The lowest BCUT2D eigenvalue weighted by molar-refractivity contribution is -0.116. The molecular weight excluding hydrogens is 338 g/mol. The highest BCUT2D eigenvalue weighted by Gasteiger charge is 2.06. The summed E-state index contributed by atoms with van der Waals surface area (Å²) in [4.78, 5) is 23.0. The molecule has 0 heterocycles. The Hall–Kier alpha value is -2.50. The van der Waals surface area contributed by atoms with E-state index in [1.807, 2.05) is 26.0 Å². The number of benzene rings is 2. The van der Waals surface area contributed by atoms with Crippen LogP contribution in [0.5, 0.6) is 0 Å². The molecule has 0 aliphatic rings. The van der Waals surface area contributed by atoms with Gasteiger partial charge in [0.25, 0.3) is 0 Å². The Kier molecular flexibility index (Phi) is 10.0. The van der Waals surface area contributed by atoms with Crippen LogP contribution in [0.3, 0.4) is 0 Å². The van der Waals surface area contributed by atoms with Crippen LogP contribution in [0.1, 0.15) is 25.8 Å². The molecular formula is C22H31N3O2. The molecule has 2 aromatic rings. The molecule has 0 bridgehead atoms. The summed E-state index contributed by atoms with van der Waals surface area (Å²) >= 11 is 0. The molecule has 2 aromatic carbocycles. The lowest BCUT2D eigenvalue weighted by Gasteiger charge is -2.11. The van der Waals surface area contributed by atoms with Crippen LogP contribution in [-0.4, -0.2) is 37.7 Å². The summed E-state index contributed by atoms with van der Waals surface area (Å²) in [5.41, 5.74) is 9.16. The molecule has 2 rings (SSSR count). The average Bonchev–Trinajstić information content (AvgIpc) is 2.61. The third-order valence-corrected chi connectivity index (χ3v) is 3.62. The molecule has 27 heavy (non-hydrogen) atoms. The minimum atomic E-state index is 0.0701. The van der Waals surface area contributed by atoms with Crippen molar-refractivity contribution >= 4 is 17.9 Å². The highest BCUT2D eigenvalue weighted by Crippen LogP contribution is 2.23. The Morgan fingerprint density at radius 1 is 1.11 bits per heavy atom. The highest BCUT2D eigenvalue weighted by atomic mass is 16.1. The van der Waals surface area contributed by atoms with E-state index in [1.165, 1.54) is 11.1 Å². The van der Waals surface area contributed by atoms with Gasteiger partial charge in [-0.25, -0.2) is 0 Å². The van der Waals surface area contributed by atoms with Crippen LogP contribution in [0, 0.1) is 5.92 Å². The Labute approximate surface area is 162 Å². The van der Waals surface area contributed by atoms with Crippen LogP contribution in [0.15, 0.2) is 48.5 Å². The largest absolute Gasteiger partial charge is 0.326 e. The second kappa shape index (κ2) is 12.0. The molecule has 5 heteroatoms. The van der Waals surface area contributed by atoms with Crippen molar-refractivity contribution in [1.82, 2.24) is 4.90 Å². The zero-order valence-corrected chi connectivity index (χ0v) is 16.7. The van der Waals surface area contributed by atoms with Crippen LogP contribution in [-0.2, 0) is 16.1 Å². The first kappa shape index (κ1) is 22.5. The number of nitrogens with two attached hydrogens (primary N) is 1. The average molecular weight is 370 g/mol. The number of anilines is 1. The first-order chi connectivity index (χ1) is 12.8. The second-order valence-corrected chi connectivity index (χ2v) is 7.06. The van der Waals surface area contributed by atoms with Gasteiger partial charge < -0.3 is 20.7 Å². The first-order valence-electron chi connectivity index (χ1n) is 9.13. The first-order valence-corrected chi connectivity index (χ1v) is 9.13. The zero-order chi connectivity index (χ0) is 20.2. The molecule has 3 N–H and O–H groups in total. The van der Waals surface area contributed by atoms with Gasteiger partial charge in [0, 0.05) is 25.2 Å². The summed E-state index contributed by atoms with van der Waals surface area (Å²) in [6.07, 6.45) is 1.20. The van der Waals surface area contributed by atoms with Crippen molar-refractivity contribution in [3.8, 4) is 11.1 Å². The van der Waals surface area contributed by atoms with Gasteiger partial charge >= 0.3 is 0 Å². The summed E-state index contributed by atoms with van der Waals surface area (Å²) in [5.74, 6) is 0.439. The molecule has 0 aliphatic heterocycles. The van der Waals surface area contributed by atoms with Gasteiger partial charge in [0.2, 0.25) is 5.91 Å². The van der Waals surface area contributed by atoms with Crippen molar-refractivity contribution in [2.75, 3.05) is 26.0 Å². The van der Waals surface area contributed by atoms with E-state index in [9.17, 15) is 4.79 Å². The molecule has 5 nitrogen and oxygen atoms in total. The predicted molar refractivity (Wildman–Crippen MR) is 112 cm³/mol. The van der Waals surface area contributed by atoms with Gasteiger partial charge in [0.1, 0.15) is 6.29 Å². The number of aldehydes is 1. The van der Waals surface area contributed by atoms with Gasteiger partial charge in [-0.3, -0.25) is 4.79 Å². The van der Waals surface area contributed by atoms with Crippen LogP contribution >= 0.6 is 0 Å². The molecule has 0 radical (unpaired) electrons. The number of nitrogens with zero attached hydrogens (tertiary/aromatic N) is 1. The Morgan fingerprint density at radius 3 is 2.26 bits per heavy atom. The number of nitrogens with one attached hydrogen (secondary N) is 1. The van der Waals surface area contributed by atoms with E-state index in [1.54, 1.807) is 0 Å². The van der Waals surface area contributed by atoms with Crippen molar-refractivity contribution in [2.24, 2.45) is 11.7 Å². The number of carbonyl (C=O) groups excluding carboxylic acids is 2. The Morgan fingerprint density at radius 2 is 1.74 bits per heavy atom. The topological polar surface area (TPSA) is 75.4 Å². The molecule has 0 spiro atoms. The van der Waals surface area contributed by atoms with E-state index >= 15 is 0 Å². The fourth-order valence-electron chi connectivity index (χ4n) is 2.54. The van der Waals surface area contributed by atoms with Crippen molar-refractivity contribution in [3.05, 3.63) is 54.1 Å². The van der Waals surface area contributed by atoms with Crippen molar-refractivity contribution in [2.45, 2.75) is 26.8 Å². The van der Waals surface area contributed by atoms with Crippen molar-refractivity contribution in [3.63, 3.8) is 0 Å². The van der Waals surface area contributed by atoms with E-state index in [-0.39, 0.29) is 12.5 Å². The molecule has 0 saturated heterocycles. The standard InChI is InChI=1S/C20H26N2O.C2H5NO/c1-15(2)12-20(23)21-19-10-8-17(9-11-19)18-7-5-6-16(13-18)14-22(3)4;3-1-2-4/h5-11,13,15H,12,14H2,1-4H3,(H,21,23);2H,1,3H2. The Balaban J connectivity index is 0.000000828. The summed E-state index contributed by atoms with van der Waals surface area (Å²) in [6.45, 7) is 5.16. The maximum atomic E-state index is 11.8. The van der Waals surface area contributed by atoms with Crippen molar-refractivity contribution in [1.29, 1.82) is 0 Å². The quantitative estimate of drug-likeness (QED) is 0.732. The van der Waals surface area contributed by atoms with Crippen LogP contribution < -0.4 is 11.1 Å². The smallest absolute Gasteiger partial charge is 0.224 e. The number of amides is 1. The lowest BCUT2D eigenvalue weighted by atomic mass is 10.0. The summed E-state index contributed by atoms with van der Waals surface area (Å²) in [6, 6.07) is 16.6. The summed E-state index contributed by atoms with van der Waals surface area (Å²) in [5, 5.41) is 2.94. The molecule has 146 valence electrons. The number of hydrogen-bond donors (Lipinski definition) is 2. The van der Waals surface area contributed by atoms with E-state index in [4.69, 9.17) is 4.79 Å². The molecule has 1 amide bonds. The van der Waals surface area contributed by atoms with Gasteiger partial charge in [0.15, 0.2) is 0 Å². The molecule has 0 aromatic heterocycles. The summed E-state index contributed by atoms with van der Waals surface area (Å²) in [7, 11) is 4.14. The molecule has 0 unspecified atom stereocenters. The monoisotopic (exact) mass is 369 g/mol. The lowest BCUT2D eigenvalue weighted by Crippen LogP contribution is -2.13. The maximum absolute atomic E-state index is 11.8. The van der Waals surface area contributed by atoms with Gasteiger partial charge in [-0.1, -0.05) is 44.2 Å². The van der Waals surface area contributed by atoms with Gasteiger partial charge in [-0.05, 0) is 54.9 Å². The minimum Gasteiger partial charge on any atom is -0.326 e. The van der Waals surface area contributed by atoms with Gasteiger partial charge in [-0.2, -0.15) is 0 Å². The third-order valence-electron chi connectivity index (χ3n) is 3.62. The summed E-state index contributed by atoms with van der Waals surface area (Å²) < 4.78 is 0. The highest BCUT2D eigenvalue weighted by molar-refractivity contribution is 5.91. The molecule has 0 aliphatic carbocycles. The molecule has 0 saturated carbocycles. The third kappa shape index (κ3) is 9.13.